The monoisotopic (exact) mass is 199 g/mol. The molecule has 1 rings (SSSR count). The van der Waals surface area contributed by atoms with Crippen LogP contribution in [0.5, 0.6) is 0 Å². The average molecular weight is 199 g/mol. The number of hydrogen-bond donors (Lipinski definition) is 0. The van der Waals surface area contributed by atoms with Crippen molar-refractivity contribution in [1.29, 1.82) is 0 Å². The summed E-state index contributed by atoms with van der Waals surface area (Å²) in [5, 5.41) is 0. The van der Waals surface area contributed by atoms with Crippen molar-refractivity contribution in [1.82, 2.24) is 4.90 Å². The highest BCUT2D eigenvalue weighted by molar-refractivity contribution is 5.75. The van der Waals surface area contributed by atoms with E-state index < -0.39 is 0 Å². The van der Waals surface area contributed by atoms with Gasteiger partial charge in [-0.05, 0) is 32.7 Å². The second kappa shape index (κ2) is 6.96. The molecular weight excluding hydrogens is 178 g/mol. The zero-order valence-corrected chi connectivity index (χ0v) is 9.13. The molecule has 0 spiro atoms. The Morgan fingerprint density at radius 2 is 2.14 bits per heavy atom. The van der Waals surface area contributed by atoms with Crippen LogP contribution in [0.3, 0.4) is 0 Å². The van der Waals surface area contributed by atoms with Crippen molar-refractivity contribution < 1.29 is 9.53 Å². The minimum atomic E-state index is 0.309. The van der Waals surface area contributed by atoms with Crippen molar-refractivity contribution in [2.24, 2.45) is 0 Å². The molecule has 82 valence electrons. The number of hydrogen-bond acceptors (Lipinski definition) is 3. The highest BCUT2D eigenvalue weighted by Crippen LogP contribution is 2.03. The second-order valence-corrected chi connectivity index (χ2v) is 3.97. The minimum Gasteiger partial charge on any atom is -0.380 e. The zero-order valence-electron chi connectivity index (χ0n) is 9.13. The van der Waals surface area contributed by atoms with Crippen LogP contribution in [0.25, 0.3) is 0 Å². The number of nitrogens with zero attached hydrogens (tertiary/aromatic N) is 1. The van der Waals surface area contributed by atoms with Crippen molar-refractivity contribution >= 4 is 5.78 Å². The Morgan fingerprint density at radius 3 is 2.93 bits per heavy atom. The summed E-state index contributed by atoms with van der Waals surface area (Å²) in [6.45, 7) is 6.77. The number of ketones is 1. The smallest absolute Gasteiger partial charge is 0.129 e. The number of carbonyl (C=O) groups is 1. The maximum Gasteiger partial charge on any atom is 0.129 e. The average Bonchev–Trinajstić information content (AvgIpc) is 2.40. The van der Waals surface area contributed by atoms with Crippen LogP contribution in [-0.4, -0.2) is 43.5 Å². The molecule has 14 heavy (non-hydrogen) atoms. The van der Waals surface area contributed by atoms with Crippen molar-refractivity contribution in [2.75, 3.05) is 32.8 Å². The fraction of sp³-hybridized carbons (Fsp3) is 0.909. The molecule has 1 fully saturated rings. The molecule has 1 aliphatic heterocycles. The summed E-state index contributed by atoms with van der Waals surface area (Å²) in [7, 11) is 0. The fourth-order valence-corrected chi connectivity index (χ4v) is 1.73. The molecule has 0 aromatic carbocycles. The van der Waals surface area contributed by atoms with E-state index in [0.717, 1.165) is 58.5 Å². The van der Waals surface area contributed by atoms with E-state index >= 15 is 0 Å². The zero-order chi connectivity index (χ0) is 10.2. The van der Waals surface area contributed by atoms with Gasteiger partial charge in [-0.1, -0.05) is 0 Å². The van der Waals surface area contributed by atoms with E-state index in [0.29, 0.717) is 5.78 Å². The predicted molar refractivity (Wildman–Crippen MR) is 56.4 cm³/mol. The van der Waals surface area contributed by atoms with Gasteiger partial charge in [-0.15, -0.1) is 0 Å². The van der Waals surface area contributed by atoms with Gasteiger partial charge < -0.3 is 14.4 Å². The minimum absolute atomic E-state index is 0.309. The lowest BCUT2D eigenvalue weighted by atomic mass is 10.2. The molecule has 3 nitrogen and oxygen atoms in total. The van der Waals surface area contributed by atoms with Crippen LogP contribution in [0, 0.1) is 0 Å². The van der Waals surface area contributed by atoms with Crippen LogP contribution in [0.2, 0.25) is 0 Å². The summed E-state index contributed by atoms with van der Waals surface area (Å²) in [4.78, 5) is 13.2. The van der Waals surface area contributed by atoms with Gasteiger partial charge in [-0.2, -0.15) is 0 Å². The lowest BCUT2D eigenvalue weighted by molar-refractivity contribution is -0.117. The van der Waals surface area contributed by atoms with Gasteiger partial charge in [-0.25, -0.2) is 0 Å². The SMILES string of the molecule is CC(=O)CCCCN1CCCOCC1. The first-order valence-electron chi connectivity index (χ1n) is 5.58. The summed E-state index contributed by atoms with van der Waals surface area (Å²) >= 11 is 0. The van der Waals surface area contributed by atoms with Gasteiger partial charge in [0.15, 0.2) is 0 Å². The highest BCUT2D eigenvalue weighted by Gasteiger charge is 2.08. The van der Waals surface area contributed by atoms with E-state index in [9.17, 15) is 4.79 Å². The Morgan fingerprint density at radius 1 is 1.29 bits per heavy atom. The molecule has 0 bridgehead atoms. The summed E-state index contributed by atoms with van der Waals surface area (Å²) in [5.74, 6) is 0.309. The summed E-state index contributed by atoms with van der Waals surface area (Å²) in [6.07, 6.45) is 4.06. The van der Waals surface area contributed by atoms with E-state index in [4.69, 9.17) is 4.74 Å². The second-order valence-electron chi connectivity index (χ2n) is 3.97. The van der Waals surface area contributed by atoms with Crippen LogP contribution < -0.4 is 0 Å². The molecule has 0 aromatic heterocycles. The number of rotatable bonds is 5. The van der Waals surface area contributed by atoms with Gasteiger partial charge >= 0.3 is 0 Å². The van der Waals surface area contributed by atoms with Crippen LogP contribution in [0.1, 0.15) is 32.6 Å². The molecule has 1 aliphatic rings. The Hall–Kier alpha value is -0.410. The normalized spacial score (nSPS) is 19.2. The largest absolute Gasteiger partial charge is 0.380 e. The Bertz CT molecular complexity index is 163. The number of carbonyl (C=O) groups excluding carboxylic acids is 1. The van der Waals surface area contributed by atoms with Crippen molar-refractivity contribution in [3.63, 3.8) is 0 Å². The van der Waals surface area contributed by atoms with Gasteiger partial charge in [0.2, 0.25) is 0 Å². The lowest BCUT2D eigenvalue weighted by Crippen LogP contribution is -2.27. The van der Waals surface area contributed by atoms with Gasteiger partial charge in [-0.3, -0.25) is 0 Å². The van der Waals surface area contributed by atoms with E-state index in [1.807, 2.05) is 0 Å². The van der Waals surface area contributed by atoms with Gasteiger partial charge in [0.25, 0.3) is 0 Å². The molecule has 0 radical (unpaired) electrons. The molecule has 3 heteroatoms. The van der Waals surface area contributed by atoms with Gasteiger partial charge in [0.1, 0.15) is 5.78 Å². The van der Waals surface area contributed by atoms with Crippen LogP contribution >= 0.6 is 0 Å². The van der Waals surface area contributed by atoms with Crippen LogP contribution in [0.4, 0.5) is 0 Å². The molecule has 0 N–H and O–H groups in total. The van der Waals surface area contributed by atoms with E-state index in [-0.39, 0.29) is 0 Å². The first kappa shape index (κ1) is 11.7. The molecule has 0 amide bonds. The van der Waals surface area contributed by atoms with Crippen LogP contribution in [0.15, 0.2) is 0 Å². The van der Waals surface area contributed by atoms with E-state index in [1.54, 1.807) is 6.92 Å². The third-order valence-corrected chi connectivity index (χ3v) is 2.57. The van der Waals surface area contributed by atoms with Gasteiger partial charge in [0, 0.05) is 26.1 Å². The molecule has 0 saturated carbocycles. The van der Waals surface area contributed by atoms with Crippen molar-refractivity contribution in [3.05, 3.63) is 0 Å². The molecule has 0 aliphatic carbocycles. The number of ether oxygens (including phenoxy) is 1. The van der Waals surface area contributed by atoms with Crippen LogP contribution in [-0.2, 0) is 9.53 Å². The number of unbranched alkanes of at least 4 members (excludes halogenated alkanes) is 1. The molecule has 1 heterocycles. The maximum absolute atomic E-state index is 10.7. The van der Waals surface area contributed by atoms with E-state index in [2.05, 4.69) is 4.90 Å². The standard InChI is InChI=1S/C11H21NO2/c1-11(13)5-2-3-6-12-7-4-9-14-10-8-12/h2-10H2,1H3. The fourth-order valence-electron chi connectivity index (χ4n) is 1.73. The molecule has 0 atom stereocenters. The van der Waals surface area contributed by atoms with Crippen molar-refractivity contribution in [2.45, 2.75) is 32.6 Å². The quantitative estimate of drug-likeness (QED) is 0.628. The predicted octanol–water partition coefficient (Wildman–Crippen LogP) is 1.47. The van der Waals surface area contributed by atoms with Gasteiger partial charge in [0.05, 0.1) is 6.61 Å². The highest BCUT2D eigenvalue weighted by atomic mass is 16.5. The maximum atomic E-state index is 10.7. The topological polar surface area (TPSA) is 29.5 Å². The summed E-state index contributed by atoms with van der Waals surface area (Å²) < 4.78 is 5.37. The first-order valence-corrected chi connectivity index (χ1v) is 5.58. The summed E-state index contributed by atoms with van der Waals surface area (Å²) in [5.41, 5.74) is 0. The van der Waals surface area contributed by atoms with Crippen molar-refractivity contribution in [3.8, 4) is 0 Å². The van der Waals surface area contributed by atoms with E-state index in [1.165, 1.54) is 0 Å². The molecule has 1 saturated heterocycles. The third-order valence-electron chi connectivity index (χ3n) is 2.57. The Balaban J connectivity index is 2.01. The Labute approximate surface area is 86.4 Å². The third kappa shape index (κ3) is 5.35. The lowest BCUT2D eigenvalue weighted by Gasteiger charge is -2.18. The summed E-state index contributed by atoms with van der Waals surface area (Å²) in [6, 6.07) is 0. The Kier molecular flexibility index (Phi) is 5.80. The first-order chi connectivity index (χ1) is 6.79. The molecule has 0 aromatic rings. The molecule has 0 unspecified atom stereocenters. The number of Topliss-reactive ketones (excluding diaryl/α,β-unsaturated/α-hetero) is 1. The molecular formula is C11H21NO2.